The summed E-state index contributed by atoms with van der Waals surface area (Å²) in [6.07, 6.45) is 0.725. The number of hydrogen-bond acceptors (Lipinski definition) is 4. The van der Waals surface area contributed by atoms with Gasteiger partial charge in [0, 0.05) is 5.56 Å². The van der Waals surface area contributed by atoms with Gasteiger partial charge in [-0.25, -0.2) is 0 Å². The van der Waals surface area contributed by atoms with Crippen molar-refractivity contribution in [3.63, 3.8) is 0 Å². The van der Waals surface area contributed by atoms with Crippen molar-refractivity contribution in [3.8, 4) is 0 Å². The van der Waals surface area contributed by atoms with E-state index < -0.39 is 11.9 Å². The quantitative estimate of drug-likeness (QED) is 0.301. The SMILES string of the molecule is CCCOC(=O)C(C(=O)c1c(C)cc(C)c(C)c1C)c1ccccc1.O=[PH2+]. The summed E-state index contributed by atoms with van der Waals surface area (Å²) in [5.74, 6) is -1.59. The van der Waals surface area contributed by atoms with Crippen LogP contribution in [0.4, 0.5) is 0 Å². The van der Waals surface area contributed by atoms with E-state index in [-0.39, 0.29) is 5.78 Å². The molecule has 0 fully saturated rings. The number of hydrogen-bond donors (Lipinski definition) is 0. The fraction of sp³-hybridized carbons (Fsp3) is 0.364. The highest BCUT2D eigenvalue weighted by Gasteiger charge is 2.32. The van der Waals surface area contributed by atoms with E-state index in [9.17, 15) is 9.59 Å². The predicted octanol–water partition coefficient (Wildman–Crippen LogP) is 5.05. The number of rotatable bonds is 6. The smallest absolute Gasteiger partial charge is 0.321 e. The Morgan fingerprint density at radius 2 is 1.56 bits per heavy atom. The lowest BCUT2D eigenvalue weighted by molar-refractivity contribution is -0.144. The van der Waals surface area contributed by atoms with Gasteiger partial charge in [-0.2, -0.15) is 0 Å². The first kappa shape index (κ1) is 22.7. The van der Waals surface area contributed by atoms with Gasteiger partial charge in [-0.15, -0.1) is 0 Å². The van der Waals surface area contributed by atoms with Crippen LogP contribution in [-0.2, 0) is 14.1 Å². The monoisotopic (exact) mass is 387 g/mol. The molecule has 144 valence electrons. The molecule has 0 aliphatic rings. The number of aryl methyl sites for hydroxylation is 2. The van der Waals surface area contributed by atoms with Crippen molar-refractivity contribution in [2.24, 2.45) is 0 Å². The lowest BCUT2D eigenvalue weighted by atomic mass is 9.84. The third kappa shape index (κ3) is 5.33. The van der Waals surface area contributed by atoms with Crippen LogP contribution in [0.2, 0.25) is 0 Å². The molecule has 2 unspecified atom stereocenters. The normalized spacial score (nSPS) is 11.1. The van der Waals surface area contributed by atoms with Gasteiger partial charge in [0.15, 0.2) is 5.78 Å². The lowest BCUT2D eigenvalue weighted by Crippen LogP contribution is -2.26. The highest BCUT2D eigenvalue weighted by molar-refractivity contribution is 7.00. The van der Waals surface area contributed by atoms with E-state index in [1.165, 1.54) is 9.12 Å². The van der Waals surface area contributed by atoms with E-state index in [0.717, 1.165) is 28.7 Å². The minimum atomic E-state index is -0.924. The van der Waals surface area contributed by atoms with Crippen molar-refractivity contribution in [1.82, 2.24) is 0 Å². The largest absolute Gasteiger partial charge is 0.465 e. The number of carbonyl (C=O) groups is 2. The summed E-state index contributed by atoms with van der Waals surface area (Å²) < 4.78 is 13.5. The Kier molecular flexibility index (Phi) is 9.04. The van der Waals surface area contributed by atoms with Crippen LogP contribution in [-0.4, -0.2) is 18.4 Å². The summed E-state index contributed by atoms with van der Waals surface area (Å²) in [7, 11) is 1.17. The van der Waals surface area contributed by atoms with Crippen LogP contribution in [0.25, 0.3) is 0 Å². The van der Waals surface area contributed by atoms with Crippen LogP contribution in [0.1, 0.15) is 57.4 Å². The summed E-state index contributed by atoms with van der Waals surface area (Å²) >= 11 is 0. The second-order valence-electron chi connectivity index (χ2n) is 6.51. The second-order valence-corrected chi connectivity index (χ2v) is 6.51. The molecule has 0 amide bonds. The molecule has 0 heterocycles. The van der Waals surface area contributed by atoms with Gasteiger partial charge in [0.2, 0.25) is 0 Å². The maximum absolute atomic E-state index is 13.4. The summed E-state index contributed by atoms with van der Waals surface area (Å²) in [6, 6.07) is 11.2. The number of ketones is 1. The molecule has 0 bridgehead atoms. The van der Waals surface area contributed by atoms with Crippen molar-refractivity contribution in [1.29, 1.82) is 0 Å². The Hall–Kier alpha value is -2.32. The van der Waals surface area contributed by atoms with Gasteiger partial charge in [-0.1, -0.05) is 47.9 Å². The molecular formula is C22H28O4P+. The molecule has 0 N–H and O–H groups in total. The van der Waals surface area contributed by atoms with Crippen molar-refractivity contribution in [3.05, 3.63) is 69.8 Å². The third-order valence-electron chi connectivity index (χ3n) is 4.68. The first-order chi connectivity index (χ1) is 12.9. The molecule has 2 rings (SSSR count). The van der Waals surface area contributed by atoms with Crippen LogP contribution in [0, 0.1) is 27.7 Å². The molecule has 0 aliphatic carbocycles. The molecule has 27 heavy (non-hydrogen) atoms. The zero-order valence-electron chi connectivity index (χ0n) is 16.7. The topological polar surface area (TPSA) is 60.4 Å². The Labute approximate surface area is 163 Å². The summed E-state index contributed by atoms with van der Waals surface area (Å²) in [5.41, 5.74) is 5.37. The van der Waals surface area contributed by atoms with Crippen LogP contribution >= 0.6 is 9.12 Å². The first-order valence-corrected chi connectivity index (χ1v) is 9.42. The highest BCUT2D eigenvalue weighted by Crippen LogP contribution is 2.29. The molecule has 0 spiro atoms. The zero-order chi connectivity index (χ0) is 20.6. The summed E-state index contributed by atoms with van der Waals surface area (Å²) in [5, 5.41) is 0. The van der Waals surface area contributed by atoms with Crippen LogP contribution in [0.3, 0.4) is 0 Å². The van der Waals surface area contributed by atoms with Crippen molar-refractivity contribution < 1.29 is 18.9 Å². The maximum Gasteiger partial charge on any atom is 0.321 e. The third-order valence-corrected chi connectivity index (χ3v) is 4.68. The predicted molar refractivity (Wildman–Crippen MR) is 111 cm³/mol. The van der Waals surface area contributed by atoms with E-state index in [1.807, 2.05) is 71.0 Å². The molecule has 0 aliphatic heterocycles. The van der Waals surface area contributed by atoms with Gasteiger partial charge < -0.3 is 4.74 Å². The van der Waals surface area contributed by atoms with Crippen LogP contribution in [0.5, 0.6) is 0 Å². The maximum atomic E-state index is 13.4. The number of benzene rings is 2. The second kappa shape index (κ2) is 10.7. The first-order valence-electron chi connectivity index (χ1n) is 8.95. The van der Waals surface area contributed by atoms with E-state index in [1.54, 1.807) is 0 Å². The van der Waals surface area contributed by atoms with Crippen LogP contribution < -0.4 is 0 Å². The average Bonchev–Trinajstić information content (AvgIpc) is 2.67. The summed E-state index contributed by atoms with van der Waals surface area (Å²) in [4.78, 5) is 26.0. The average molecular weight is 387 g/mol. The number of ether oxygens (including phenoxy) is 1. The zero-order valence-corrected chi connectivity index (χ0v) is 17.8. The Balaban J connectivity index is 0.00000176. The molecule has 0 aromatic heterocycles. The Morgan fingerprint density at radius 1 is 0.963 bits per heavy atom. The van der Waals surface area contributed by atoms with Gasteiger partial charge in [0.1, 0.15) is 5.92 Å². The number of esters is 1. The molecule has 2 aromatic carbocycles. The molecule has 0 radical (unpaired) electrons. The van der Waals surface area contributed by atoms with Crippen molar-refractivity contribution in [2.75, 3.05) is 6.61 Å². The minimum absolute atomic E-state index is 0.189. The standard InChI is InChI=1S/C22H26O3.H2OP/c1-6-12-25-22(24)20(18-10-8-7-9-11-18)21(23)19-15(3)13-14(2)16(4)17(19)5;1-2/h7-11,13,20H,6,12H2,1-5H3;2H2/q;+1. The van der Waals surface area contributed by atoms with E-state index in [0.29, 0.717) is 17.7 Å². The molecule has 2 atom stereocenters. The molecule has 2 aromatic rings. The Bertz CT molecular complexity index is 800. The van der Waals surface area contributed by atoms with E-state index >= 15 is 0 Å². The lowest BCUT2D eigenvalue weighted by Gasteiger charge is -2.20. The van der Waals surface area contributed by atoms with Gasteiger partial charge in [-0.05, 0) is 61.9 Å². The van der Waals surface area contributed by atoms with Crippen molar-refractivity contribution >= 4 is 20.9 Å². The van der Waals surface area contributed by atoms with Gasteiger partial charge in [0.05, 0.1) is 6.61 Å². The molecule has 0 saturated carbocycles. The van der Waals surface area contributed by atoms with E-state index in [2.05, 4.69) is 0 Å². The minimum Gasteiger partial charge on any atom is -0.465 e. The van der Waals surface area contributed by atoms with Gasteiger partial charge >= 0.3 is 15.1 Å². The summed E-state index contributed by atoms with van der Waals surface area (Å²) in [6.45, 7) is 10.2. The fourth-order valence-corrected chi connectivity index (χ4v) is 3.13. The number of Topliss-reactive ketones (excluding diaryl/α,β-unsaturated/α-hetero) is 1. The van der Waals surface area contributed by atoms with Gasteiger partial charge in [0.25, 0.3) is 0 Å². The van der Waals surface area contributed by atoms with Crippen LogP contribution in [0.15, 0.2) is 36.4 Å². The fourth-order valence-electron chi connectivity index (χ4n) is 3.13. The molecule has 5 heteroatoms. The number of carbonyl (C=O) groups excluding carboxylic acids is 2. The molecular weight excluding hydrogens is 359 g/mol. The van der Waals surface area contributed by atoms with Crippen molar-refractivity contribution in [2.45, 2.75) is 47.0 Å². The molecule has 0 saturated heterocycles. The van der Waals surface area contributed by atoms with Gasteiger partial charge in [-0.3, -0.25) is 9.59 Å². The molecule has 4 nitrogen and oxygen atoms in total. The Morgan fingerprint density at radius 3 is 2.11 bits per heavy atom. The van der Waals surface area contributed by atoms with E-state index in [4.69, 9.17) is 9.30 Å². The highest BCUT2D eigenvalue weighted by atomic mass is 31.0.